The summed E-state index contributed by atoms with van der Waals surface area (Å²) in [5, 5.41) is 5.30. The van der Waals surface area contributed by atoms with Crippen LogP contribution in [0.1, 0.15) is 28.8 Å². The van der Waals surface area contributed by atoms with Crippen LogP contribution in [-0.2, 0) is 11.2 Å². The van der Waals surface area contributed by atoms with Gasteiger partial charge in [0.1, 0.15) is 0 Å². The third kappa shape index (κ3) is 3.05. The zero-order chi connectivity index (χ0) is 13.8. The summed E-state index contributed by atoms with van der Waals surface area (Å²) in [7, 11) is 0. The predicted molar refractivity (Wildman–Crippen MR) is 79.2 cm³/mol. The van der Waals surface area contributed by atoms with Crippen molar-refractivity contribution in [2.45, 2.75) is 25.4 Å². The first kappa shape index (κ1) is 13.3. The Hall–Kier alpha value is -1.72. The fraction of sp³-hybridized carbons (Fsp3) is 0.333. The maximum Gasteiger partial charge on any atom is 0.257 e. The first-order valence-electron chi connectivity index (χ1n) is 6.73. The van der Waals surface area contributed by atoms with Crippen LogP contribution in [-0.4, -0.2) is 23.6 Å². The van der Waals surface area contributed by atoms with E-state index in [2.05, 4.69) is 10.3 Å². The average Bonchev–Trinajstić information content (AvgIpc) is 3.13. The molecule has 0 bridgehead atoms. The number of rotatable bonds is 4. The number of carbonyl (C=O) groups excluding carboxylic acids is 1. The molecular formula is C15H16N2O2S. The number of benzene rings is 1. The molecule has 3 rings (SSSR count). The van der Waals surface area contributed by atoms with Crippen LogP contribution in [0.5, 0.6) is 0 Å². The van der Waals surface area contributed by atoms with E-state index in [0.717, 1.165) is 31.4 Å². The second kappa shape index (κ2) is 6.15. The molecule has 1 aromatic heterocycles. The van der Waals surface area contributed by atoms with Crippen molar-refractivity contribution < 1.29 is 9.53 Å². The van der Waals surface area contributed by atoms with Gasteiger partial charge in [-0.25, -0.2) is 4.98 Å². The third-order valence-electron chi connectivity index (χ3n) is 3.39. The molecule has 2 aromatic rings. The summed E-state index contributed by atoms with van der Waals surface area (Å²) in [5.74, 6) is -0.103. The third-order valence-corrected chi connectivity index (χ3v) is 4.07. The van der Waals surface area contributed by atoms with Gasteiger partial charge in [0.05, 0.1) is 6.10 Å². The van der Waals surface area contributed by atoms with Gasteiger partial charge in [0.25, 0.3) is 5.91 Å². The highest BCUT2D eigenvalue weighted by Crippen LogP contribution is 2.21. The fourth-order valence-corrected chi connectivity index (χ4v) is 2.94. The van der Waals surface area contributed by atoms with Crippen LogP contribution in [0, 0.1) is 0 Å². The lowest BCUT2D eigenvalue weighted by molar-refractivity contribution is 0.101. The van der Waals surface area contributed by atoms with E-state index in [0.29, 0.717) is 10.7 Å². The van der Waals surface area contributed by atoms with Gasteiger partial charge in [0.15, 0.2) is 5.13 Å². The normalized spacial score (nSPS) is 18.1. The molecule has 1 atom stereocenters. The molecule has 0 spiro atoms. The van der Waals surface area contributed by atoms with E-state index >= 15 is 0 Å². The Bertz CT molecular complexity index is 577. The summed E-state index contributed by atoms with van der Waals surface area (Å²) in [6, 6.07) is 7.70. The minimum atomic E-state index is -0.103. The summed E-state index contributed by atoms with van der Waals surface area (Å²) in [4.78, 5) is 16.4. The molecular weight excluding hydrogens is 272 g/mol. The Morgan fingerprint density at radius 2 is 2.35 bits per heavy atom. The molecule has 1 aromatic carbocycles. The Kier molecular flexibility index (Phi) is 4.08. The van der Waals surface area contributed by atoms with Crippen molar-refractivity contribution in [3.05, 3.63) is 47.0 Å². The smallest absolute Gasteiger partial charge is 0.257 e. The number of aromatic nitrogens is 1. The number of carbonyl (C=O) groups is 1. The standard InChI is InChI=1S/C15H16N2O2S/c18-14(17-15-16-7-9-20-15)13-6-2-1-4-11(13)10-12-5-3-8-19-12/h1-2,4,6-7,9,12H,3,5,8,10H2,(H,16,17,18). The van der Waals surface area contributed by atoms with Crippen LogP contribution >= 0.6 is 11.3 Å². The van der Waals surface area contributed by atoms with E-state index in [-0.39, 0.29) is 12.0 Å². The van der Waals surface area contributed by atoms with Gasteiger partial charge in [-0.15, -0.1) is 11.3 Å². The summed E-state index contributed by atoms with van der Waals surface area (Å²) in [6.07, 6.45) is 4.89. The molecule has 0 aliphatic carbocycles. The lowest BCUT2D eigenvalue weighted by Crippen LogP contribution is -2.17. The summed E-state index contributed by atoms with van der Waals surface area (Å²) in [5.41, 5.74) is 1.74. The quantitative estimate of drug-likeness (QED) is 0.940. The van der Waals surface area contributed by atoms with Gasteiger partial charge < -0.3 is 4.74 Å². The molecule has 0 saturated carbocycles. The number of nitrogens with zero attached hydrogens (tertiary/aromatic N) is 1. The van der Waals surface area contributed by atoms with Crippen molar-refractivity contribution in [1.29, 1.82) is 0 Å². The van der Waals surface area contributed by atoms with Gasteiger partial charge in [0, 0.05) is 23.7 Å². The number of thiazole rings is 1. The van der Waals surface area contributed by atoms with E-state index in [4.69, 9.17) is 4.74 Å². The van der Waals surface area contributed by atoms with Crippen LogP contribution < -0.4 is 5.32 Å². The molecule has 20 heavy (non-hydrogen) atoms. The van der Waals surface area contributed by atoms with Crippen molar-refractivity contribution >= 4 is 22.4 Å². The Morgan fingerprint density at radius 3 is 3.10 bits per heavy atom. The highest BCUT2D eigenvalue weighted by atomic mass is 32.1. The molecule has 1 saturated heterocycles. The molecule has 1 aliphatic rings. The fourth-order valence-electron chi connectivity index (χ4n) is 2.42. The summed E-state index contributed by atoms with van der Waals surface area (Å²) in [6.45, 7) is 0.831. The topological polar surface area (TPSA) is 51.2 Å². The number of anilines is 1. The highest BCUT2D eigenvalue weighted by molar-refractivity contribution is 7.13. The minimum Gasteiger partial charge on any atom is -0.378 e. The minimum absolute atomic E-state index is 0.103. The van der Waals surface area contributed by atoms with Gasteiger partial charge in [0.2, 0.25) is 0 Å². The van der Waals surface area contributed by atoms with Crippen LogP contribution in [0.3, 0.4) is 0 Å². The zero-order valence-corrected chi connectivity index (χ0v) is 11.9. The van der Waals surface area contributed by atoms with Crippen LogP contribution in [0.2, 0.25) is 0 Å². The van der Waals surface area contributed by atoms with Gasteiger partial charge >= 0.3 is 0 Å². The van der Waals surface area contributed by atoms with Crippen LogP contribution in [0.25, 0.3) is 0 Å². The van der Waals surface area contributed by atoms with E-state index in [1.807, 2.05) is 29.6 Å². The maximum absolute atomic E-state index is 12.3. The Morgan fingerprint density at radius 1 is 1.45 bits per heavy atom. The van der Waals surface area contributed by atoms with Crippen molar-refractivity contribution in [1.82, 2.24) is 4.98 Å². The SMILES string of the molecule is O=C(Nc1nccs1)c1ccccc1CC1CCCO1. The van der Waals surface area contributed by atoms with Crippen LogP contribution in [0.15, 0.2) is 35.8 Å². The second-order valence-electron chi connectivity index (χ2n) is 4.79. The van der Waals surface area contributed by atoms with E-state index in [1.54, 1.807) is 6.20 Å². The van der Waals surface area contributed by atoms with Crippen molar-refractivity contribution in [3.8, 4) is 0 Å². The molecule has 1 aliphatic heterocycles. The van der Waals surface area contributed by atoms with Gasteiger partial charge in [-0.2, -0.15) is 0 Å². The first-order valence-corrected chi connectivity index (χ1v) is 7.61. The lowest BCUT2D eigenvalue weighted by Gasteiger charge is -2.13. The van der Waals surface area contributed by atoms with Crippen molar-refractivity contribution in [2.75, 3.05) is 11.9 Å². The molecule has 1 N–H and O–H groups in total. The molecule has 1 fully saturated rings. The Balaban J connectivity index is 1.76. The average molecular weight is 288 g/mol. The van der Waals surface area contributed by atoms with Gasteiger partial charge in [-0.05, 0) is 30.9 Å². The molecule has 1 amide bonds. The number of hydrogen-bond donors (Lipinski definition) is 1. The first-order chi connectivity index (χ1) is 9.83. The number of amides is 1. The number of hydrogen-bond acceptors (Lipinski definition) is 4. The molecule has 4 nitrogen and oxygen atoms in total. The second-order valence-corrected chi connectivity index (χ2v) is 5.68. The largest absolute Gasteiger partial charge is 0.378 e. The summed E-state index contributed by atoms with van der Waals surface area (Å²) < 4.78 is 5.66. The number of nitrogens with one attached hydrogen (secondary N) is 1. The molecule has 1 unspecified atom stereocenters. The van der Waals surface area contributed by atoms with Gasteiger partial charge in [-0.3, -0.25) is 10.1 Å². The number of ether oxygens (including phenoxy) is 1. The molecule has 5 heteroatoms. The monoisotopic (exact) mass is 288 g/mol. The molecule has 2 heterocycles. The maximum atomic E-state index is 12.3. The van der Waals surface area contributed by atoms with Crippen LogP contribution in [0.4, 0.5) is 5.13 Å². The molecule has 104 valence electrons. The summed E-state index contributed by atoms with van der Waals surface area (Å²) >= 11 is 1.42. The molecule has 0 radical (unpaired) electrons. The lowest BCUT2D eigenvalue weighted by atomic mass is 10.00. The highest BCUT2D eigenvalue weighted by Gasteiger charge is 2.19. The van der Waals surface area contributed by atoms with E-state index in [1.165, 1.54) is 11.3 Å². The van der Waals surface area contributed by atoms with Crippen molar-refractivity contribution in [2.24, 2.45) is 0 Å². The zero-order valence-electron chi connectivity index (χ0n) is 11.0. The van der Waals surface area contributed by atoms with Gasteiger partial charge in [-0.1, -0.05) is 18.2 Å². The van der Waals surface area contributed by atoms with E-state index < -0.39 is 0 Å². The predicted octanol–water partition coefficient (Wildman–Crippen LogP) is 3.12. The van der Waals surface area contributed by atoms with E-state index in [9.17, 15) is 4.79 Å². The Labute approximate surface area is 121 Å². The van der Waals surface area contributed by atoms with Crippen molar-refractivity contribution in [3.63, 3.8) is 0 Å².